The molecule has 0 aromatic rings. The van der Waals surface area contributed by atoms with Crippen molar-refractivity contribution in [1.82, 2.24) is 5.32 Å². The van der Waals surface area contributed by atoms with Gasteiger partial charge in [-0.05, 0) is 38.5 Å². The molecule has 124 valence electrons. The van der Waals surface area contributed by atoms with Crippen molar-refractivity contribution in [2.24, 2.45) is 0 Å². The number of carbonyl (C=O) groups is 2. The van der Waals surface area contributed by atoms with E-state index in [1.165, 1.54) is 19.3 Å². The summed E-state index contributed by atoms with van der Waals surface area (Å²) in [6.45, 7) is 0.483. The van der Waals surface area contributed by atoms with Crippen LogP contribution in [0.5, 0.6) is 0 Å². The zero-order chi connectivity index (χ0) is 15.6. The number of rotatable bonds is 4. The molecule has 7 heteroatoms. The SMILES string of the molecule is O=C([O-])C1CCC(C(=O)NCC2CCC3(CCCCC3)O2)O1.[Na+]. The first kappa shape index (κ1) is 19.2. The van der Waals surface area contributed by atoms with Crippen LogP contribution < -0.4 is 40.0 Å². The molecule has 1 amide bonds. The van der Waals surface area contributed by atoms with Crippen molar-refractivity contribution < 1.29 is 53.7 Å². The van der Waals surface area contributed by atoms with Crippen molar-refractivity contribution in [3.8, 4) is 0 Å². The van der Waals surface area contributed by atoms with Gasteiger partial charge in [-0.3, -0.25) is 4.79 Å². The van der Waals surface area contributed by atoms with Crippen molar-refractivity contribution in [3.63, 3.8) is 0 Å². The summed E-state index contributed by atoms with van der Waals surface area (Å²) in [5.74, 6) is -1.48. The maximum absolute atomic E-state index is 12.0. The predicted molar refractivity (Wildman–Crippen MR) is 75.8 cm³/mol. The Hall–Kier alpha value is -0.140. The van der Waals surface area contributed by atoms with Crippen LogP contribution in [0.2, 0.25) is 0 Å². The van der Waals surface area contributed by atoms with Crippen LogP contribution in [0.1, 0.15) is 57.8 Å². The molecule has 3 fully saturated rings. The van der Waals surface area contributed by atoms with Crippen molar-refractivity contribution in [2.45, 2.75) is 81.7 Å². The number of carbonyl (C=O) groups excluding carboxylic acids is 2. The molecule has 2 heterocycles. The summed E-state index contributed by atoms with van der Waals surface area (Å²) in [6.07, 6.45) is 7.31. The standard InChI is InChI=1S/C16H25NO5.Na/c18-14(12-4-5-13(21-12)15(19)20)17-10-11-6-9-16(22-11)7-2-1-3-8-16;/h11-13H,1-10H2,(H,17,18)(H,19,20);/q;+1/p-1. The topological polar surface area (TPSA) is 87.7 Å². The molecule has 3 unspecified atom stereocenters. The number of carboxylic acid groups (broad SMARTS) is 1. The predicted octanol–water partition coefficient (Wildman–Crippen LogP) is -2.71. The molecule has 2 saturated heterocycles. The molecule has 1 spiro atoms. The number of ether oxygens (including phenoxy) is 2. The van der Waals surface area contributed by atoms with Crippen LogP contribution in [0.3, 0.4) is 0 Å². The van der Waals surface area contributed by atoms with Crippen LogP contribution in [-0.4, -0.2) is 42.3 Å². The minimum absolute atomic E-state index is 0. The average Bonchev–Trinajstić information content (AvgIpc) is 3.14. The van der Waals surface area contributed by atoms with Crippen molar-refractivity contribution >= 4 is 11.9 Å². The fourth-order valence-corrected chi connectivity index (χ4v) is 3.93. The minimum atomic E-state index is -1.24. The van der Waals surface area contributed by atoms with Crippen molar-refractivity contribution in [1.29, 1.82) is 0 Å². The zero-order valence-electron chi connectivity index (χ0n) is 13.8. The minimum Gasteiger partial charge on any atom is -0.547 e. The first-order valence-corrected chi connectivity index (χ1v) is 8.40. The third-order valence-corrected chi connectivity index (χ3v) is 5.18. The average molecular weight is 333 g/mol. The monoisotopic (exact) mass is 333 g/mol. The van der Waals surface area contributed by atoms with E-state index in [-0.39, 0.29) is 47.2 Å². The molecule has 1 aliphatic carbocycles. The zero-order valence-corrected chi connectivity index (χ0v) is 15.8. The molecule has 2 aliphatic heterocycles. The van der Waals surface area contributed by atoms with Gasteiger partial charge in [-0.2, -0.15) is 0 Å². The molecule has 3 rings (SSSR count). The first-order chi connectivity index (χ1) is 10.6. The Morgan fingerprint density at radius 2 is 1.74 bits per heavy atom. The Kier molecular flexibility index (Phi) is 6.92. The van der Waals surface area contributed by atoms with Crippen LogP contribution >= 0.6 is 0 Å². The summed E-state index contributed by atoms with van der Waals surface area (Å²) in [5, 5.41) is 13.6. The van der Waals surface area contributed by atoms with Crippen LogP contribution in [0.15, 0.2) is 0 Å². The fraction of sp³-hybridized carbons (Fsp3) is 0.875. The summed E-state index contributed by atoms with van der Waals surface area (Å²) >= 11 is 0. The van der Waals surface area contributed by atoms with E-state index in [0.29, 0.717) is 19.4 Å². The first-order valence-electron chi connectivity index (χ1n) is 8.40. The summed E-state index contributed by atoms with van der Waals surface area (Å²) in [4.78, 5) is 22.8. The van der Waals surface area contributed by atoms with Gasteiger partial charge in [0.25, 0.3) is 0 Å². The molecule has 1 N–H and O–H groups in total. The summed E-state index contributed by atoms with van der Waals surface area (Å²) in [6, 6.07) is 0. The van der Waals surface area contributed by atoms with E-state index in [9.17, 15) is 14.7 Å². The fourth-order valence-electron chi connectivity index (χ4n) is 3.93. The third-order valence-electron chi connectivity index (χ3n) is 5.18. The Labute approximate surface area is 159 Å². The van der Waals surface area contributed by atoms with E-state index in [1.54, 1.807) is 0 Å². The summed E-state index contributed by atoms with van der Waals surface area (Å²) < 4.78 is 11.4. The van der Waals surface area contributed by atoms with Gasteiger partial charge >= 0.3 is 29.6 Å². The largest absolute Gasteiger partial charge is 1.00 e. The molecule has 23 heavy (non-hydrogen) atoms. The molecular weight excluding hydrogens is 309 g/mol. The van der Waals surface area contributed by atoms with Gasteiger partial charge in [0.15, 0.2) is 0 Å². The van der Waals surface area contributed by atoms with Crippen LogP contribution in [0, 0.1) is 0 Å². The van der Waals surface area contributed by atoms with Gasteiger partial charge in [0.05, 0.1) is 23.8 Å². The Morgan fingerprint density at radius 3 is 2.39 bits per heavy atom. The van der Waals surface area contributed by atoms with Crippen LogP contribution in [0.4, 0.5) is 0 Å². The van der Waals surface area contributed by atoms with Gasteiger partial charge in [0.2, 0.25) is 5.91 Å². The summed E-state index contributed by atoms with van der Waals surface area (Å²) in [7, 11) is 0. The molecule has 0 bridgehead atoms. The number of hydrogen-bond donors (Lipinski definition) is 1. The molecule has 3 aliphatic rings. The van der Waals surface area contributed by atoms with Crippen LogP contribution in [0.25, 0.3) is 0 Å². The molecule has 1 saturated carbocycles. The molecule has 0 radical (unpaired) electrons. The number of hydrogen-bond acceptors (Lipinski definition) is 5. The second-order valence-electron chi connectivity index (χ2n) is 6.78. The maximum Gasteiger partial charge on any atom is 1.00 e. The molecule has 0 aromatic carbocycles. The molecular formula is C16H24NNaO5. The van der Waals surface area contributed by atoms with E-state index >= 15 is 0 Å². The molecule has 6 nitrogen and oxygen atoms in total. The van der Waals surface area contributed by atoms with E-state index in [2.05, 4.69) is 5.32 Å². The van der Waals surface area contributed by atoms with Gasteiger partial charge < -0.3 is 24.7 Å². The number of carboxylic acids is 1. The second-order valence-corrected chi connectivity index (χ2v) is 6.78. The van der Waals surface area contributed by atoms with E-state index in [4.69, 9.17) is 9.47 Å². The second kappa shape index (κ2) is 8.30. The number of aliphatic carboxylic acids is 1. The Bertz CT molecular complexity index is 438. The number of nitrogens with one attached hydrogen (secondary N) is 1. The quantitative estimate of drug-likeness (QED) is 0.565. The smallest absolute Gasteiger partial charge is 0.547 e. The van der Waals surface area contributed by atoms with Gasteiger partial charge in [0, 0.05) is 6.54 Å². The Morgan fingerprint density at radius 1 is 1.04 bits per heavy atom. The number of amides is 1. The van der Waals surface area contributed by atoms with Gasteiger partial charge in [0.1, 0.15) is 6.10 Å². The van der Waals surface area contributed by atoms with Crippen LogP contribution in [-0.2, 0) is 19.1 Å². The van der Waals surface area contributed by atoms with Gasteiger partial charge in [-0.15, -0.1) is 0 Å². The van der Waals surface area contributed by atoms with Crippen molar-refractivity contribution in [2.75, 3.05) is 6.54 Å². The van der Waals surface area contributed by atoms with Gasteiger partial charge in [-0.1, -0.05) is 19.3 Å². The summed E-state index contributed by atoms with van der Waals surface area (Å²) in [5.41, 5.74) is 0.0531. The van der Waals surface area contributed by atoms with E-state index in [0.717, 1.165) is 25.7 Å². The third kappa shape index (κ3) is 4.69. The van der Waals surface area contributed by atoms with Crippen molar-refractivity contribution in [3.05, 3.63) is 0 Å². The van der Waals surface area contributed by atoms with Gasteiger partial charge in [-0.25, -0.2) is 0 Å². The van der Waals surface area contributed by atoms with E-state index < -0.39 is 18.2 Å². The maximum atomic E-state index is 12.0. The van der Waals surface area contributed by atoms with E-state index in [1.807, 2.05) is 0 Å². The normalized spacial score (nSPS) is 32.4. The Balaban J connectivity index is 0.00000192. The molecule has 0 aromatic heterocycles. The molecule has 3 atom stereocenters.